The first-order chi connectivity index (χ1) is 18.3. The average Bonchev–Trinajstić information content (AvgIpc) is 3.43. The number of hydrogen-bond acceptors (Lipinski definition) is 4. The summed E-state index contributed by atoms with van der Waals surface area (Å²) in [5.74, 6) is 2.01. The maximum atomic E-state index is 5.11. The van der Waals surface area contributed by atoms with Crippen LogP contribution in [0.4, 0.5) is 0 Å². The molecule has 0 unspecified atom stereocenters. The van der Waals surface area contributed by atoms with Crippen molar-refractivity contribution in [3.63, 3.8) is 0 Å². The summed E-state index contributed by atoms with van der Waals surface area (Å²) in [5.41, 5.74) is 5.19. The van der Waals surface area contributed by atoms with Gasteiger partial charge in [-0.25, -0.2) is 0 Å². The Bertz CT molecular complexity index is 1810. The Hall–Kier alpha value is -4.44. The van der Waals surface area contributed by atoms with Crippen molar-refractivity contribution in [2.24, 2.45) is 0 Å². The number of benzene rings is 5. The first-order valence-electron chi connectivity index (χ1n) is 12.1. The van der Waals surface area contributed by atoms with Crippen molar-refractivity contribution >= 4 is 35.1 Å². The zero-order valence-electron chi connectivity index (χ0n) is 19.7. The summed E-state index contributed by atoms with van der Waals surface area (Å²) in [6.45, 7) is 0. The van der Waals surface area contributed by atoms with Gasteiger partial charge in [-0.05, 0) is 0 Å². The molecule has 0 aliphatic heterocycles. The maximum absolute atomic E-state index is 5.11. The topological polar surface area (TPSA) is 51.6 Å². The summed E-state index contributed by atoms with van der Waals surface area (Å²) in [5, 5.41) is 2.23. The van der Waals surface area contributed by atoms with Crippen LogP contribution in [0.25, 0.3) is 64.8 Å². The van der Waals surface area contributed by atoms with Gasteiger partial charge in [0.1, 0.15) is 0 Å². The molecule has 7 aromatic rings. The van der Waals surface area contributed by atoms with E-state index in [1.807, 2.05) is 66.7 Å². The van der Waals surface area contributed by atoms with E-state index in [-0.39, 0.29) is 14.5 Å². The van der Waals surface area contributed by atoms with Gasteiger partial charge in [-0.1, -0.05) is 0 Å². The molecule has 4 nitrogen and oxygen atoms in total. The Morgan fingerprint density at radius 1 is 0.432 bits per heavy atom. The van der Waals surface area contributed by atoms with Gasteiger partial charge in [0.15, 0.2) is 0 Å². The van der Waals surface area contributed by atoms with E-state index in [0.29, 0.717) is 17.5 Å². The van der Waals surface area contributed by atoms with Crippen LogP contribution in [0.3, 0.4) is 0 Å². The molecule has 0 bridgehead atoms. The van der Waals surface area contributed by atoms with Gasteiger partial charge < -0.3 is 0 Å². The molecule has 7 rings (SSSR count). The zero-order chi connectivity index (χ0) is 24.6. The van der Waals surface area contributed by atoms with Gasteiger partial charge in [0.2, 0.25) is 0 Å². The Labute approximate surface area is 220 Å². The molecule has 0 spiro atoms. The molecular weight excluding hydrogens is 519 g/mol. The molecule has 0 radical (unpaired) electrons. The number of rotatable bonds is 4. The Morgan fingerprint density at radius 2 is 0.919 bits per heavy atom. The SMILES string of the molecule is c1ccc(-c2nc(-c3ccccc3)nc(-c3cc4[se]c(-c5ccccc5)nc4c4ccccc34)n2)cc1. The molecule has 2 aromatic heterocycles. The normalized spacial score (nSPS) is 11.2. The van der Waals surface area contributed by atoms with Crippen LogP contribution < -0.4 is 0 Å². The van der Waals surface area contributed by atoms with E-state index < -0.39 is 0 Å². The van der Waals surface area contributed by atoms with E-state index in [2.05, 4.69) is 54.6 Å². The van der Waals surface area contributed by atoms with Crippen molar-refractivity contribution in [2.45, 2.75) is 0 Å². The number of aromatic nitrogens is 4. The van der Waals surface area contributed by atoms with E-state index in [9.17, 15) is 0 Å². The standard InChI is InChI=1S/C32H20N4Se/c1-4-12-21(13-5-1)29-34-30(22-14-6-2-7-15-22)36-31(35-29)26-20-27-28(25-19-11-10-18-24(25)26)33-32(37-27)23-16-8-3-9-17-23/h1-20H. The monoisotopic (exact) mass is 540 g/mol. The van der Waals surface area contributed by atoms with Gasteiger partial charge in [-0.15, -0.1) is 0 Å². The predicted molar refractivity (Wildman–Crippen MR) is 151 cm³/mol. The van der Waals surface area contributed by atoms with Crippen LogP contribution in [0.15, 0.2) is 121 Å². The van der Waals surface area contributed by atoms with Gasteiger partial charge >= 0.3 is 221 Å². The fourth-order valence-corrected chi connectivity index (χ4v) is 6.73. The summed E-state index contributed by atoms with van der Waals surface area (Å²) >= 11 is 0.0903. The predicted octanol–water partition coefficient (Wildman–Crippen LogP) is 7.30. The van der Waals surface area contributed by atoms with Gasteiger partial charge in [-0.3, -0.25) is 0 Å². The molecule has 0 saturated carbocycles. The number of nitrogens with zero attached hydrogens (tertiary/aromatic N) is 4. The van der Waals surface area contributed by atoms with Crippen molar-refractivity contribution in [1.82, 2.24) is 19.9 Å². The second-order valence-electron chi connectivity index (χ2n) is 8.74. The molecule has 0 aliphatic rings. The molecule has 37 heavy (non-hydrogen) atoms. The second kappa shape index (κ2) is 9.21. The minimum atomic E-state index is 0.0903. The van der Waals surface area contributed by atoms with Crippen LogP contribution in [0.1, 0.15) is 0 Å². The summed E-state index contributed by atoms with van der Waals surface area (Å²) in [4.78, 5) is 20.0. The van der Waals surface area contributed by atoms with Gasteiger partial charge in [-0.2, -0.15) is 0 Å². The van der Waals surface area contributed by atoms with Crippen molar-refractivity contribution in [1.29, 1.82) is 0 Å². The first kappa shape index (κ1) is 21.8. The molecule has 2 heterocycles. The van der Waals surface area contributed by atoms with Gasteiger partial charge in [0.25, 0.3) is 0 Å². The molecule has 0 saturated heterocycles. The van der Waals surface area contributed by atoms with Crippen molar-refractivity contribution < 1.29 is 0 Å². The Kier molecular flexibility index (Phi) is 5.43. The van der Waals surface area contributed by atoms with Crippen LogP contribution >= 0.6 is 0 Å². The van der Waals surface area contributed by atoms with Crippen LogP contribution in [0.2, 0.25) is 0 Å². The van der Waals surface area contributed by atoms with E-state index in [1.165, 1.54) is 9.82 Å². The third kappa shape index (κ3) is 4.05. The summed E-state index contributed by atoms with van der Waals surface area (Å²) in [6.07, 6.45) is 0. The van der Waals surface area contributed by atoms with Gasteiger partial charge in [0.05, 0.1) is 0 Å². The summed E-state index contributed by atoms with van der Waals surface area (Å²) < 4.78 is 2.40. The molecule has 5 aromatic carbocycles. The van der Waals surface area contributed by atoms with Crippen LogP contribution in [0, 0.1) is 0 Å². The molecule has 0 atom stereocenters. The molecular formula is C32H20N4Se. The molecule has 0 fully saturated rings. The van der Waals surface area contributed by atoms with Crippen molar-refractivity contribution in [2.75, 3.05) is 0 Å². The van der Waals surface area contributed by atoms with E-state index in [4.69, 9.17) is 19.9 Å². The van der Waals surface area contributed by atoms with Gasteiger partial charge in [0, 0.05) is 0 Å². The number of fused-ring (bicyclic) bond motifs is 3. The van der Waals surface area contributed by atoms with Crippen LogP contribution in [-0.4, -0.2) is 34.4 Å². The van der Waals surface area contributed by atoms with Crippen molar-refractivity contribution in [3.05, 3.63) is 121 Å². The molecule has 174 valence electrons. The average molecular weight is 540 g/mol. The van der Waals surface area contributed by atoms with E-state index in [0.717, 1.165) is 37.5 Å². The summed E-state index contributed by atoms with van der Waals surface area (Å²) in [6, 6.07) is 41.4. The third-order valence-corrected chi connectivity index (χ3v) is 8.57. The fourth-order valence-electron chi connectivity index (χ4n) is 4.57. The van der Waals surface area contributed by atoms with Crippen molar-refractivity contribution in [3.8, 4) is 44.3 Å². The minimum absolute atomic E-state index is 0.0903. The Balaban J connectivity index is 1.50. The fraction of sp³-hybridized carbons (Fsp3) is 0. The van der Waals surface area contributed by atoms with E-state index >= 15 is 0 Å². The Morgan fingerprint density at radius 3 is 1.51 bits per heavy atom. The van der Waals surface area contributed by atoms with Crippen LogP contribution in [-0.2, 0) is 0 Å². The molecule has 0 N–H and O–H groups in total. The summed E-state index contributed by atoms with van der Waals surface area (Å²) in [7, 11) is 0. The third-order valence-electron chi connectivity index (χ3n) is 6.36. The molecule has 0 aliphatic carbocycles. The van der Waals surface area contributed by atoms with E-state index in [1.54, 1.807) is 0 Å². The molecule has 5 heteroatoms. The quantitative estimate of drug-likeness (QED) is 0.220. The zero-order valence-corrected chi connectivity index (χ0v) is 21.5. The first-order valence-corrected chi connectivity index (χ1v) is 13.8. The number of hydrogen-bond donors (Lipinski definition) is 0. The molecule has 0 amide bonds. The second-order valence-corrected chi connectivity index (χ2v) is 10.9. The van der Waals surface area contributed by atoms with Crippen LogP contribution in [0.5, 0.6) is 0 Å².